The van der Waals surface area contributed by atoms with Crippen LogP contribution in [0.2, 0.25) is 0 Å². The van der Waals surface area contributed by atoms with Crippen molar-refractivity contribution in [1.29, 1.82) is 0 Å². The lowest BCUT2D eigenvalue weighted by Crippen LogP contribution is -2.26. The van der Waals surface area contributed by atoms with Crippen LogP contribution in [0.15, 0.2) is 62.7 Å². The molecule has 2 heterocycles. The van der Waals surface area contributed by atoms with Crippen LogP contribution in [0.1, 0.15) is 27.4 Å². The fraction of sp³-hybridized carbons (Fsp3) is 0.217. The number of furan rings is 1. The molecule has 1 N–H and O–H groups in total. The van der Waals surface area contributed by atoms with E-state index in [0.29, 0.717) is 18.1 Å². The first-order chi connectivity index (χ1) is 14.6. The molecule has 0 aliphatic rings. The first kappa shape index (κ1) is 20.5. The van der Waals surface area contributed by atoms with Gasteiger partial charge < -0.3 is 14.5 Å². The van der Waals surface area contributed by atoms with Crippen molar-refractivity contribution in [2.24, 2.45) is 0 Å². The topological polar surface area (TPSA) is 64.4 Å². The number of nitrogens with zero attached hydrogens (tertiary/aromatic N) is 1. The number of methoxy groups -OCH3 is 1. The predicted octanol–water partition coefficient (Wildman–Crippen LogP) is 5.47. The summed E-state index contributed by atoms with van der Waals surface area (Å²) < 4.78 is 12.1. The summed E-state index contributed by atoms with van der Waals surface area (Å²) >= 11 is 3.24. The van der Waals surface area contributed by atoms with Gasteiger partial charge in [0.2, 0.25) is 0 Å². The number of carbonyl (C=O) groups excluding carboxylic acids is 1. The molecule has 5 nitrogen and oxygen atoms in total. The van der Waals surface area contributed by atoms with Gasteiger partial charge in [-0.3, -0.25) is 4.79 Å². The van der Waals surface area contributed by atoms with Crippen LogP contribution in [0.25, 0.3) is 11.0 Å². The third-order valence-electron chi connectivity index (χ3n) is 4.70. The van der Waals surface area contributed by atoms with Crippen LogP contribution in [0.4, 0.5) is 0 Å². The van der Waals surface area contributed by atoms with Gasteiger partial charge in [-0.2, -0.15) is 0 Å². The smallest absolute Gasteiger partial charge is 0.287 e. The molecule has 2 aromatic heterocycles. The summed E-state index contributed by atoms with van der Waals surface area (Å²) in [5.74, 6) is 1.64. The first-order valence-electron chi connectivity index (χ1n) is 9.60. The lowest BCUT2D eigenvalue weighted by Gasteiger charge is -2.06. The molecule has 0 atom stereocenters. The molecule has 7 heteroatoms. The molecule has 154 valence electrons. The van der Waals surface area contributed by atoms with Crippen molar-refractivity contribution in [3.63, 3.8) is 0 Å². The van der Waals surface area contributed by atoms with Gasteiger partial charge in [0.1, 0.15) is 15.7 Å². The highest BCUT2D eigenvalue weighted by molar-refractivity contribution is 8.00. The Hall–Kier alpha value is -2.77. The third-order valence-corrected chi connectivity index (χ3v) is 6.87. The number of rotatable bonds is 8. The summed E-state index contributed by atoms with van der Waals surface area (Å²) in [4.78, 5) is 17.4. The zero-order valence-corrected chi connectivity index (χ0v) is 18.4. The second-order valence-corrected chi connectivity index (χ2v) is 8.88. The second kappa shape index (κ2) is 9.36. The Balaban J connectivity index is 1.46. The fourth-order valence-electron chi connectivity index (χ4n) is 3.15. The van der Waals surface area contributed by atoms with Crippen LogP contribution in [-0.4, -0.2) is 24.5 Å². The van der Waals surface area contributed by atoms with Gasteiger partial charge in [0.25, 0.3) is 5.91 Å². The molecule has 4 aromatic rings. The molecule has 1 amide bonds. The Morgan fingerprint density at radius 2 is 2.00 bits per heavy atom. The monoisotopic (exact) mass is 438 g/mol. The number of aromatic nitrogens is 1. The van der Waals surface area contributed by atoms with E-state index in [1.807, 2.05) is 60.8 Å². The van der Waals surface area contributed by atoms with Gasteiger partial charge in [0, 0.05) is 34.3 Å². The molecule has 0 aliphatic carbocycles. The molecule has 2 aromatic carbocycles. The van der Waals surface area contributed by atoms with Crippen molar-refractivity contribution in [3.8, 4) is 5.75 Å². The van der Waals surface area contributed by atoms with E-state index in [1.54, 1.807) is 30.2 Å². The van der Waals surface area contributed by atoms with Crippen LogP contribution in [-0.2, 0) is 12.2 Å². The van der Waals surface area contributed by atoms with Crippen molar-refractivity contribution in [2.45, 2.75) is 23.4 Å². The highest BCUT2D eigenvalue weighted by Crippen LogP contribution is 2.33. The summed E-state index contributed by atoms with van der Waals surface area (Å²) in [6.07, 6.45) is 0.735. The van der Waals surface area contributed by atoms with Crippen molar-refractivity contribution >= 4 is 40.0 Å². The van der Waals surface area contributed by atoms with Gasteiger partial charge in [0.05, 0.1) is 7.11 Å². The molecule has 0 fully saturated rings. The number of ether oxygens (including phenoxy) is 1. The Morgan fingerprint density at radius 1 is 1.20 bits per heavy atom. The van der Waals surface area contributed by atoms with Gasteiger partial charge in [-0.15, -0.1) is 11.3 Å². The average molecular weight is 439 g/mol. The normalized spacial score (nSPS) is 11.0. The number of thioether (sulfide) groups is 1. The Kier molecular flexibility index (Phi) is 6.40. The maximum Gasteiger partial charge on any atom is 0.287 e. The van der Waals surface area contributed by atoms with Crippen molar-refractivity contribution in [3.05, 3.63) is 76.5 Å². The van der Waals surface area contributed by atoms with Crippen LogP contribution >= 0.6 is 23.1 Å². The number of carbonyl (C=O) groups is 1. The molecule has 0 saturated carbocycles. The van der Waals surface area contributed by atoms with E-state index >= 15 is 0 Å². The Labute approximate surface area is 183 Å². The summed E-state index contributed by atoms with van der Waals surface area (Å²) in [6.45, 7) is 2.51. The predicted molar refractivity (Wildman–Crippen MR) is 122 cm³/mol. The molecule has 0 saturated heterocycles. The van der Waals surface area contributed by atoms with Crippen LogP contribution in [0.5, 0.6) is 5.75 Å². The van der Waals surface area contributed by atoms with E-state index in [4.69, 9.17) is 9.15 Å². The molecule has 0 radical (unpaired) electrons. The van der Waals surface area contributed by atoms with Crippen molar-refractivity contribution in [1.82, 2.24) is 10.3 Å². The van der Waals surface area contributed by atoms with Gasteiger partial charge in [-0.05, 0) is 37.1 Å². The van der Waals surface area contributed by atoms with E-state index in [9.17, 15) is 4.79 Å². The molecular formula is C23H22N2O3S2. The van der Waals surface area contributed by atoms with Gasteiger partial charge in [-0.1, -0.05) is 42.1 Å². The lowest BCUT2D eigenvalue weighted by atomic mass is 10.1. The number of hydrogen-bond acceptors (Lipinski definition) is 6. The number of amides is 1. The number of nitrogens with one attached hydrogen (secondary N) is 1. The van der Waals surface area contributed by atoms with Gasteiger partial charge in [-0.25, -0.2) is 4.98 Å². The quantitative estimate of drug-likeness (QED) is 0.370. The van der Waals surface area contributed by atoms with E-state index in [-0.39, 0.29) is 5.91 Å². The first-order valence-corrected chi connectivity index (χ1v) is 11.5. The van der Waals surface area contributed by atoms with Crippen LogP contribution in [0.3, 0.4) is 0 Å². The minimum atomic E-state index is -0.189. The van der Waals surface area contributed by atoms with E-state index in [2.05, 4.69) is 10.3 Å². The number of hydrogen-bond donors (Lipinski definition) is 1. The van der Waals surface area contributed by atoms with Crippen molar-refractivity contribution < 1.29 is 13.9 Å². The summed E-state index contributed by atoms with van der Waals surface area (Å²) in [6, 6.07) is 15.6. The minimum Gasteiger partial charge on any atom is -0.497 e. The van der Waals surface area contributed by atoms with E-state index < -0.39 is 0 Å². The Bertz CT molecular complexity index is 1150. The second-order valence-electron chi connectivity index (χ2n) is 6.80. The minimum absolute atomic E-state index is 0.189. The zero-order valence-electron chi connectivity index (χ0n) is 16.8. The average Bonchev–Trinajstić information content (AvgIpc) is 3.35. The molecule has 4 rings (SSSR count). The van der Waals surface area contributed by atoms with E-state index in [1.165, 1.54) is 0 Å². The summed E-state index contributed by atoms with van der Waals surface area (Å²) in [5, 5.41) is 5.99. The SMILES string of the molecule is COc1ccc(CCNC(=O)c2oc3ccccc3c2CSc2nc(C)cs2)cc1. The number of benzene rings is 2. The largest absolute Gasteiger partial charge is 0.497 e. The maximum absolute atomic E-state index is 12.9. The molecular weight excluding hydrogens is 416 g/mol. The summed E-state index contributed by atoms with van der Waals surface area (Å²) in [5.41, 5.74) is 3.78. The maximum atomic E-state index is 12.9. The number of para-hydroxylation sites is 1. The number of aryl methyl sites for hydroxylation is 1. The zero-order chi connectivity index (χ0) is 20.9. The molecule has 0 spiro atoms. The fourth-order valence-corrected chi connectivity index (χ4v) is 5.03. The molecule has 0 bridgehead atoms. The summed E-state index contributed by atoms with van der Waals surface area (Å²) in [7, 11) is 1.65. The van der Waals surface area contributed by atoms with Crippen LogP contribution in [0, 0.1) is 6.92 Å². The van der Waals surface area contributed by atoms with Crippen LogP contribution < -0.4 is 10.1 Å². The lowest BCUT2D eigenvalue weighted by molar-refractivity contribution is 0.0927. The van der Waals surface area contributed by atoms with Gasteiger partial charge in [0.15, 0.2) is 5.76 Å². The number of fused-ring (bicyclic) bond motifs is 1. The molecule has 30 heavy (non-hydrogen) atoms. The number of thiazole rings is 1. The van der Waals surface area contributed by atoms with Gasteiger partial charge >= 0.3 is 0 Å². The van der Waals surface area contributed by atoms with Crippen molar-refractivity contribution in [2.75, 3.05) is 13.7 Å². The third kappa shape index (κ3) is 4.68. The standard InChI is InChI=1S/C23H22N2O3S2/c1-15-13-29-23(25-15)30-14-19-18-5-3-4-6-20(18)28-21(19)22(26)24-12-11-16-7-9-17(27-2)10-8-16/h3-10,13H,11-12,14H2,1-2H3,(H,24,26). The molecule has 0 unspecified atom stereocenters. The van der Waals surface area contributed by atoms with E-state index in [0.717, 1.165) is 44.3 Å². The highest BCUT2D eigenvalue weighted by Gasteiger charge is 2.20. The Morgan fingerprint density at radius 3 is 2.73 bits per heavy atom. The highest BCUT2D eigenvalue weighted by atomic mass is 32.2. The molecule has 0 aliphatic heterocycles.